The zero-order valence-corrected chi connectivity index (χ0v) is 11.5. The minimum Gasteiger partial charge on any atom is -0.481 e. The van der Waals surface area contributed by atoms with Gasteiger partial charge in [0, 0.05) is 13.1 Å². The smallest absolute Gasteiger partial charge is 0.311 e. The molecule has 5 heteroatoms. The summed E-state index contributed by atoms with van der Waals surface area (Å²) in [6.45, 7) is 6.31. The third kappa shape index (κ3) is 2.25. The Morgan fingerprint density at radius 3 is 2.58 bits per heavy atom. The highest BCUT2D eigenvalue weighted by Crippen LogP contribution is 2.38. The summed E-state index contributed by atoms with van der Waals surface area (Å²) in [5.41, 5.74) is -0.337. The van der Waals surface area contributed by atoms with Crippen molar-refractivity contribution in [3.8, 4) is 0 Å². The predicted octanol–water partition coefficient (Wildman–Crippen LogP) is 2.16. The van der Waals surface area contributed by atoms with Crippen LogP contribution in [0.5, 0.6) is 0 Å². The summed E-state index contributed by atoms with van der Waals surface area (Å²) in [4.78, 5) is 25.4. The SMILES string of the molecule is Cc1cc(C(=O)N2CCC(C(=O)O)(C(C)C)C2)co1. The molecule has 1 aromatic heterocycles. The summed E-state index contributed by atoms with van der Waals surface area (Å²) in [6, 6.07) is 1.68. The van der Waals surface area contributed by atoms with E-state index >= 15 is 0 Å². The fraction of sp³-hybridized carbons (Fsp3) is 0.571. The van der Waals surface area contributed by atoms with Crippen LogP contribution in [-0.4, -0.2) is 35.0 Å². The first-order valence-electron chi connectivity index (χ1n) is 6.44. The Balaban J connectivity index is 2.18. The summed E-state index contributed by atoms with van der Waals surface area (Å²) in [5.74, 6) is -0.299. The van der Waals surface area contributed by atoms with Gasteiger partial charge < -0.3 is 14.4 Å². The lowest BCUT2D eigenvalue weighted by Crippen LogP contribution is -2.40. The van der Waals surface area contributed by atoms with Gasteiger partial charge in [-0.05, 0) is 25.3 Å². The zero-order chi connectivity index (χ0) is 14.2. The van der Waals surface area contributed by atoms with Crippen LogP contribution in [0.3, 0.4) is 0 Å². The number of aliphatic carboxylic acids is 1. The van der Waals surface area contributed by atoms with E-state index in [-0.39, 0.29) is 18.4 Å². The number of carbonyl (C=O) groups excluding carboxylic acids is 1. The van der Waals surface area contributed by atoms with Gasteiger partial charge >= 0.3 is 5.97 Å². The van der Waals surface area contributed by atoms with Crippen molar-refractivity contribution in [1.82, 2.24) is 4.90 Å². The molecule has 1 aliphatic rings. The molecular formula is C14H19NO4. The van der Waals surface area contributed by atoms with Gasteiger partial charge in [0.2, 0.25) is 0 Å². The molecular weight excluding hydrogens is 246 g/mol. The largest absolute Gasteiger partial charge is 0.481 e. The molecule has 0 saturated carbocycles. The van der Waals surface area contributed by atoms with E-state index in [9.17, 15) is 14.7 Å². The molecule has 1 atom stereocenters. The Labute approximate surface area is 112 Å². The molecule has 5 nitrogen and oxygen atoms in total. The van der Waals surface area contributed by atoms with E-state index in [0.29, 0.717) is 24.3 Å². The van der Waals surface area contributed by atoms with Crippen molar-refractivity contribution in [2.75, 3.05) is 13.1 Å². The van der Waals surface area contributed by atoms with Crippen LogP contribution in [0.4, 0.5) is 0 Å². The molecule has 2 heterocycles. The van der Waals surface area contributed by atoms with Gasteiger partial charge in [0.05, 0.1) is 11.0 Å². The van der Waals surface area contributed by atoms with Crippen molar-refractivity contribution in [3.05, 3.63) is 23.7 Å². The van der Waals surface area contributed by atoms with Gasteiger partial charge in [-0.25, -0.2) is 0 Å². The fourth-order valence-electron chi connectivity index (χ4n) is 2.64. The summed E-state index contributed by atoms with van der Waals surface area (Å²) < 4.78 is 5.13. The maximum atomic E-state index is 12.3. The number of likely N-dealkylation sites (tertiary alicyclic amines) is 1. The van der Waals surface area contributed by atoms with Crippen LogP contribution in [0.2, 0.25) is 0 Å². The molecule has 2 rings (SSSR count). The number of hydrogen-bond acceptors (Lipinski definition) is 3. The average Bonchev–Trinajstić information content (AvgIpc) is 2.94. The van der Waals surface area contributed by atoms with Crippen molar-refractivity contribution < 1.29 is 19.1 Å². The molecule has 0 aromatic carbocycles. The summed E-state index contributed by atoms with van der Waals surface area (Å²) >= 11 is 0. The number of furan rings is 1. The van der Waals surface area contributed by atoms with E-state index in [0.717, 1.165) is 0 Å². The fourth-order valence-corrected chi connectivity index (χ4v) is 2.64. The van der Waals surface area contributed by atoms with Gasteiger partial charge in [-0.3, -0.25) is 9.59 Å². The number of carbonyl (C=O) groups is 2. The molecule has 19 heavy (non-hydrogen) atoms. The van der Waals surface area contributed by atoms with Gasteiger partial charge in [0.1, 0.15) is 12.0 Å². The van der Waals surface area contributed by atoms with Crippen LogP contribution in [0.1, 0.15) is 36.4 Å². The number of carboxylic acids is 1. The molecule has 1 aliphatic heterocycles. The van der Waals surface area contributed by atoms with Crippen molar-refractivity contribution in [1.29, 1.82) is 0 Å². The third-order valence-corrected chi connectivity index (χ3v) is 4.10. The maximum Gasteiger partial charge on any atom is 0.311 e. The number of carboxylic acid groups (broad SMARTS) is 1. The van der Waals surface area contributed by atoms with Gasteiger partial charge in [-0.15, -0.1) is 0 Å². The number of hydrogen-bond donors (Lipinski definition) is 1. The number of aryl methyl sites for hydroxylation is 1. The average molecular weight is 265 g/mol. The van der Waals surface area contributed by atoms with Crippen molar-refractivity contribution in [3.63, 3.8) is 0 Å². The monoisotopic (exact) mass is 265 g/mol. The zero-order valence-electron chi connectivity index (χ0n) is 11.5. The Morgan fingerprint density at radius 2 is 2.16 bits per heavy atom. The maximum absolute atomic E-state index is 12.3. The van der Waals surface area contributed by atoms with Crippen LogP contribution >= 0.6 is 0 Å². The van der Waals surface area contributed by atoms with E-state index in [4.69, 9.17) is 4.42 Å². The topological polar surface area (TPSA) is 70.8 Å². The van der Waals surface area contributed by atoms with Gasteiger partial charge in [-0.2, -0.15) is 0 Å². The minimum absolute atomic E-state index is 0.00566. The third-order valence-electron chi connectivity index (χ3n) is 4.10. The highest BCUT2D eigenvalue weighted by atomic mass is 16.4. The Morgan fingerprint density at radius 1 is 1.47 bits per heavy atom. The van der Waals surface area contributed by atoms with E-state index in [1.807, 2.05) is 13.8 Å². The molecule has 1 saturated heterocycles. The van der Waals surface area contributed by atoms with Crippen LogP contribution in [0, 0.1) is 18.3 Å². The molecule has 1 fully saturated rings. The molecule has 1 unspecified atom stereocenters. The van der Waals surface area contributed by atoms with Gasteiger partial charge in [0.15, 0.2) is 0 Å². The molecule has 1 aromatic rings. The lowest BCUT2D eigenvalue weighted by molar-refractivity contribution is -0.150. The standard InChI is InChI=1S/C14H19NO4/c1-9(2)14(13(17)18)4-5-15(8-14)12(16)11-6-10(3)19-7-11/h6-7,9H,4-5,8H2,1-3H3,(H,17,18). The Kier molecular flexibility index (Phi) is 3.39. The molecule has 1 N–H and O–H groups in total. The van der Waals surface area contributed by atoms with Crippen LogP contribution in [-0.2, 0) is 4.79 Å². The first-order valence-corrected chi connectivity index (χ1v) is 6.44. The second kappa shape index (κ2) is 4.72. The molecule has 0 radical (unpaired) electrons. The summed E-state index contributed by atoms with van der Waals surface area (Å²) in [5, 5.41) is 9.45. The normalized spacial score (nSPS) is 23.1. The van der Waals surface area contributed by atoms with Crippen molar-refractivity contribution in [2.45, 2.75) is 27.2 Å². The number of nitrogens with zero attached hydrogens (tertiary/aromatic N) is 1. The molecule has 104 valence electrons. The second-order valence-electron chi connectivity index (χ2n) is 5.54. The van der Waals surface area contributed by atoms with E-state index in [1.165, 1.54) is 6.26 Å². The van der Waals surface area contributed by atoms with Gasteiger partial charge in [0.25, 0.3) is 5.91 Å². The highest BCUT2D eigenvalue weighted by Gasteiger charge is 2.48. The Hall–Kier alpha value is -1.78. The summed E-state index contributed by atoms with van der Waals surface area (Å²) in [7, 11) is 0. The first-order chi connectivity index (χ1) is 8.86. The van der Waals surface area contributed by atoms with Gasteiger partial charge in [-0.1, -0.05) is 13.8 Å². The van der Waals surface area contributed by atoms with Crippen LogP contribution in [0.25, 0.3) is 0 Å². The number of amides is 1. The van der Waals surface area contributed by atoms with Crippen LogP contribution in [0.15, 0.2) is 16.7 Å². The molecule has 1 amide bonds. The van der Waals surface area contributed by atoms with E-state index < -0.39 is 11.4 Å². The molecule has 0 spiro atoms. The lowest BCUT2D eigenvalue weighted by atomic mass is 9.76. The minimum atomic E-state index is -0.825. The number of rotatable bonds is 3. The summed E-state index contributed by atoms with van der Waals surface area (Å²) in [6.07, 6.45) is 1.93. The second-order valence-corrected chi connectivity index (χ2v) is 5.54. The van der Waals surface area contributed by atoms with Crippen molar-refractivity contribution in [2.24, 2.45) is 11.3 Å². The molecule has 0 aliphatic carbocycles. The van der Waals surface area contributed by atoms with Crippen LogP contribution < -0.4 is 0 Å². The molecule has 0 bridgehead atoms. The predicted molar refractivity (Wildman–Crippen MR) is 68.9 cm³/mol. The lowest BCUT2D eigenvalue weighted by Gasteiger charge is -2.28. The van der Waals surface area contributed by atoms with E-state index in [1.54, 1.807) is 17.9 Å². The quantitative estimate of drug-likeness (QED) is 0.909. The van der Waals surface area contributed by atoms with Crippen molar-refractivity contribution >= 4 is 11.9 Å². The highest BCUT2D eigenvalue weighted by molar-refractivity contribution is 5.94. The van der Waals surface area contributed by atoms with E-state index in [2.05, 4.69) is 0 Å². The Bertz CT molecular complexity index is 505. The first kappa shape index (κ1) is 13.6.